The molecule has 0 fully saturated rings. The van der Waals surface area contributed by atoms with Gasteiger partial charge in [-0.1, -0.05) is 18.2 Å². The molecule has 0 saturated heterocycles. The van der Waals surface area contributed by atoms with Crippen LogP contribution in [0.1, 0.15) is 27.9 Å². The molecule has 0 aliphatic heterocycles. The standard InChI is InChI=1S/C20H16N4O4/c1-11(25)21-14-6-7-15-13(8-14)9-16(22-15)19(26)23-24-17-5-3-2-4-12(17)10-18(24)20(27)28/h2-10,22H,1H3,(H,21,25)(H,23,26)(H,27,28). The number of hydrogen-bond acceptors (Lipinski definition) is 3. The third kappa shape index (κ3) is 3.07. The summed E-state index contributed by atoms with van der Waals surface area (Å²) in [5.41, 5.74) is 4.78. The number of aromatic nitrogens is 2. The number of para-hydroxylation sites is 1. The number of benzene rings is 2. The second kappa shape index (κ2) is 6.58. The first-order valence-corrected chi connectivity index (χ1v) is 8.48. The lowest BCUT2D eigenvalue weighted by molar-refractivity contribution is -0.114. The number of hydrogen-bond donors (Lipinski definition) is 4. The SMILES string of the molecule is CC(=O)Nc1ccc2[nH]c(C(=O)Nn3c(C(=O)O)cc4ccccc43)cc2c1. The molecule has 4 rings (SSSR count). The van der Waals surface area contributed by atoms with E-state index in [1.165, 1.54) is 17.7 Å². The molecule has 140 valence electrons. The first-order chi connectivity index (χ1) is 13.4. The number of aromatic carboxylic acids is 1. The molecule has 0 aliphatic carbocycles. The molecule has 2 heterocycles. The highest BCUT2D eigenvalue weighted by molar-refractivity contribution is 6.05. The molecule has 8 nitrogen and oxygen atoms in total. The highest BCUT2D eigenvalue weighted by atomic mass is 16.4. The molecule has 2 aromatic carbocycles. The van der Waals surface area contributed by atoms with E-state index in [2.05, 4.69) is 15.7 Å². The van der Waals surface area contributed by atoms with Gasteiger partial charge < -0.3 is 15.4 Å². The minimum absolute atomic E-state index is 0.0430. The van der Waals surface area contributed by atoms with E-state index in [0.717, 1.165) is 10.9 Å². The van der Waals surface area contributed by atoms with Crippen molar-refractivity contribution < 1.29 is 19.5 Å². The maximum Gasteiger partial charge on any atom is 0.354 e. The van der Waals surface area contributed by atoms with Crippen molar-refractivity contribution in [2.45, 2.75) is 6.92 Å². The summed E-state index contributed by atoms with van der Waals surface area (Å²) in [4.78, 5) is 38.5. The van der Waals surface area contributed by atoms with Gasteiger partial charge in [0.2, 0.25) is 5.91 Å². The molecule has 4 N–H and O–H groups in total. The molecule has 2 amide bonds. The highest BCUT2D eigenvalue weighted by Crippen LogP contribution is 2.22. The third-order valence-corrected chi connectivity index (χ3v) is 4.33. The molecule has 0 unspecified atom stereocenters. The minimum Gasteiger partial charge on any atom is -0.477 e. The number of carboxylic acids is 1. The van der Waals surface area contributed by atoms with Crippen LogP contribution in [0.25, 0.3) is 21.8 Å². The number of amides is 2. The van der Waals surface area contributed by atoms with Crippen LogP contribution in [0, 0.1) is 0 Å². The summed E-state index contributed by atoms with van der Waals surface area (Å²) in [6, 6.07) is 15.4. The number of carbonyl (C=O) groups excluding carboxylic acids is 2. The van der Waals surface area contributed by atoms with Crippen molar-refractivity contribution >= 4 is 45.3 Å². The first-order valence-electron chi connectivity index (χ1n) is 8.48. The Labute approximate surface area is 158 Å². The number of anilines is 1. The summed E-state index contributed by atoms with van der Waals surface area (Å²) < 4.78 is 1.26. The molecule has 2 aromatic heterocycles. The van der Waals surface area contributed by atoms with Crippen molar-refractivity contribution in [2.24, 2.45) is 0 Å². The van der Waals surface area contributed by atoms with E-state index in [4.69, 9.17) is 0 Å². The van der Waals surface area contributed by atoms with Gasteiger partial charge in [0.15, 0.2) is 0 Å². The molecule has 28 heavy (non-hydrogen) atoms. The number of H-pyrrole nitrogens is 1. The fraction of sp³-hybridized carbons (Fsp3) is 0.0500. The van der Waals surface area contributed by atoms with E-state index in [-0.39, 0.29) is 17.3 Å². The van der Waals surface area contributed by atoms with E-state index in [1.807, 2.05) is 0 Å². The first kappa shape index (κ1) is 17.3. The molecular weight excluding hydrogens is 360 g/mol. The lowest BCUT2D eigenvalue weighted by Crippen LogP contribution is -2.26. The molecular formula is C20H16N4O4. The number of carboxylic acid groups (broad SMARTS) is 1. The molecule has 0 atom stereocenters. The van der Waals surface area contributed by atoms with Crippen LogP contribution in [-0.4, -0.2) is 32.6 Å². The molecule has 8 heteroatoms. The van der Waals surface area contributed by atoms with Crippen molar-refractivity contribution in [2.75, 3.05) is 10.7 Å². The van der Waals surface area contributed by atoms with Crippen LogP contribution >= 0.6 is 0 Å². The Kier molecular flexibility index (Phi) is 4.08. The lowest BCUT2D eigenvalue weighted by Gasteiger charge is -2.09. The number of fused-ring (bicyclic) bond motifs is 2. The van der Waals surface area contributed by atoms with Crippen LogP contribution in [0.2, 0.25) is 0 Å². The van der Waals surface area contributed by atoms with Crippen LogP contribution in [0.5, 0.6) is 0 Å². The zero-order chi connectivity index (χ0) is 19.8. The monoisotopic (exact) mass is 376 g/mol. The number of rotatable bonds is 4. The quantitative estimate of drug-likeness (QED) is 0.438. The van der Waals surface area contributed by atoms with Gasteiger partial charge in [0.1, 0.15) is 11.4 Å². The summed E-state index contributed by atoms with van der Waals surface area (Å²) in [6.07, 6.45) is 0. The summed E-state index contributed by atoms with van der Waals surface area (Å²) in [5, 5.41) is 13.6. The van der Waals surface area contributed by atoms with E-state index in [0.29, 0.717) is 16.6 Å². The van der Waals surface area contributed by atoms with Gasteiger partial charge in [-0.05, 0) is 36.4 Å². The summed E-state index contributed by atoms with van der Waals surface area (Å²) >= 11 is 0. The Balaban J connectivity index is 1.69. The van der Waals surface area contributed by atoms with E-state index in [1.54, 1.807) is 48.5 Å². The van der Waals surface area contributed by atoms with Gasteiger partial charge in [0, 0.05) is 28.9 Å². The van der Waals surface area contributed by atoms with E-state index < -0.39 is 11.9 Å². The minimum atomic E-state index is -1.15. The number of carbonyl (C=O) groups is 3. The predicted octanol–water partition coefficient (Wildman–Crippen LogP) is 3.16. The maximum absolute atomic E-state index is 12.7. The second-order valence-corrected chi connectivity index (χ2v) is 6.34. The number of aromatic amines is 1. The largest absolute Gasteiger partial charge is 0.477 e. The zero-order valence-electron chi connectivity index (χ0n) is 14.8. The Morgan fingerprint density at radius 1 is 1.00 bits per heavy atom. The van der Waals surface area contributed by atoms with Gasteiger partial charge in [0.25, 0.3) is 5.91 Å². The van der Waals surface area contributed by atoms with E-state index >= 15 is 0 Å². The fourth-order valence-electron chi connectivity index (χ4n) is 3.13. The molecule has 4 aromatic rings. The highest BCUT2D eigenvalue weighted by Gasteiger charge is 2.18. The van der Waals surface area contributed by atoms with Gasteiger partial charge in [-0.3, -0.25) is 15.0 Å². The van der Waals surface area contributed by atoms with Crippen LogP contribution in [-0.2, 0) is 4.79 Å². The molecule has 0 aliphatic rings. The number of nitrogens with zero attached hydrogens (tertiary/aromatic N) is 1. The van der Waals surface area contributed by atoms with Crippen molar-refractivity contribution in [1.29, 1.82) is 0 Å². The van der Waals surface area contributed by atoms with Gasteiger partial charge in [-0.15, -0.1) is 0 Å². The van der Waals surface area contributed by atoms with Crippen molar-refractivity contribution in [3.63, 3.8) is 0 Å². The maximum atomic E-state index is 12.7. The third-order valence-electron chi connectivity index (χ3n) is 4.33. The van der Waals surface area contributed by atoms with E-state index in [9.17, 15) is 19.5 Å². The summed E-state index contributed by atoms with van der Waals surface area (Å²) in [5.74, 6) is -1.82. The second-order valence-electron chi connectivity index (χ2n) is 6.34. The zero-order valence-corrected chi connectivity index (χ0v) is 14.8. The smallest absolute Gasteiger partial charge is 0.354 e. The normalized spacial score (nSPS) is 10.9. The Bertz CT molecular complexity index is 1250. The molecule has 0 spiro atoms. The summed E-state index contributed by atoms with van der Waals surface area (Å²) in [6.45, 7) is 1.42. The van der Waals surface area contributed by atoms with Gasteiger partial charge >= 0.3 is 5.97 Å². The van der Waals surface area contributed by atoms with Crippen molar-refractivity contribution in [3.8, 4) is 0 Å². The van der Waals surface area contributed by atoms with Crippen LogP contribution in [0.15, 0.2) is 54.6 Å². The Morgan fingerprint density at radius 3 is 2.54 bits per heavy atom. The average molecular weight is 376 g/mol. The average Bonchev–Trinajstić information content (AvgIpc) is 3.23. The lowest BCUT2D eigenvalue weighted by atomic mass is 10.2. The van der Waals surface area contributed by atoms with Crippen LogP contribution < -0.4 is 10.7 Å². The predicted molar refractivity (Wildman–Crippen MR) is 105 cm³/mol. The van der Waals surface area contributed by atoms with Gasteiger partial charge in [-0.25, -0.2) is 9.47 Å². The van der Waals surface area contributed by atoms with Crippen molar-refractivity contribution in [1.82, 2.24) is 9.66 Å². The molecule has 0 saturated carbocycles. The Morgan fingerprint density at radius 2 is 1.79 bits per heavy atom. The topological polar surface area (TPSA) is 116 Å². The fourth-order valence-corrected chi connectivity index (χ4v) is 3.13. The summed E-state index contributed by atoms with van der Waals surface area (Å²) in [7, 11) is 0. The molecule has 0 bridgehead atoms. The van der Waals surface area contributed by atoms with Gasteiger partial charge in [-0.2, -0.15) is 0 Å². The van der Waals surface area contributed by atoms with Crippen molar-refractivity contribution in [3.05, 3.63) is 66.0 Å². The van der Waals surface area contributed by atoms with Gasteiger partial charge in [0.05, 0.1) is 5.52 Å². The van der Waals surface area contributed by atoms with Crippen LogP contribution in [0.4, 0.5) is 5.69 Å². The Hall–Kier alpha value is -4.07. The number of nitrogens with one attached hydrogen (secondary N) is 3. The van der Waals surface area contributed by atoms with Crippen LogP contribution in [0.3, 0.4) is 0 Å². The molecule has 0 radical (unpaired) electrons.